The molecule has 0 fully saturated rings. The van der Waals surface area contributed by atoms with Gasteiger partial charge in [0.05, 0.1) is 6.61 Å². The summed E-state index contributed by atoms with van der Waals surface area (Å²) >= 11 is 0. The molecule has 1 nitrogen and oxygen atoms in total. The lowest BCUT2D eigenvalue weighted by Gasteiger charge is -1.88. The van der Waals surface area contributed by atoms with Crippen LogP contribution in [0.4, 0.5) is 0 Å². The Morgan fingerprint density at radius 2 is 2.50 bits per heavy atom. The zero-order valence-electron chi connectivity index (χ0n) is 4.11. The van der Waals surface area contributed by atoms with E-state index in [9.17, 15) is 0 Å². The molecule has 0 aromatic heterocycles. The first kappa shape index (κ1) is 5.76. The van der Waals surface area contributed by atoms with E-state index >= 15 is 0 Å². The minimum Gasteiger partial charge on any atom is -0.386 e. The monoisotopic (exact) mass is 84.1 g/mol. The van der Waals surface area contributed by atoms with Crippen LogP contribution in [0.2, 0.25) is 0 Å². The maximum atomic E-state index is 4.86. The van der Waals surface area contributed by atoms with Gasteiger partial charge in [-0.3, -0.25) is 0 Å². The largest absolute Gasteiger partial charge is 0.386 e. The van der Waals surface area contributed by atoms with Gasteiger partial charge in [0.15, 0.2) is 0 Å². The molecule has 0 aromatic carbocycles. The molecule has 0 N–H and O–H groups in total. The maximum absolute atomic E-state index is 4.86. The van der Waals surface area contributed by atoms with Crippen molar-refractivity contribution in [1.29, 1.82) is 0 Å². The Kier molecular flexibility index (Phi) is 4.58. The molecule has 0 atom stereocenters. The average Bonchev–Trinajstić information content (AvgIpc) is 1.61. The van der Waals surface area contributed by atoms with Gasteiger partial charge in [-0.2, -0.15) is 0 Å². The average molecular weight is 83.9 g/mol. The van der Waals surface area contributed by atoms with Crippen molar-refractivity contribution >= 4 is 7.85 Å². The van der Waals surface area contributed by atoms with E-state index in [4.69, 9.17) is 4.74 Å². The van der Waals surface area contributed by atoms with Crippen LogP contribution in [0.15, 0.2) is 12.7 Å². The van der Waals surface area contributed by atoms with Crippen molar-refractivity contribution < 1.29 is 4.74 Å². The van der Waals surface area contributed by atoms with E-state index < -0.39 is 0 Å². The Morgan fingerprint density at radius 1 is 1.83 bits per heavy atom. The summed E-state index contributed by atoms with van der Waals surface area (Å²) in [5.41, 5.74) is 0. The van der Waals surface area contributed by atoms with Crippen molar-refractivity contribution in [1.82, 2.24) is 0 Å². The molecule has 0 rings (SSSR count). The summed E-state index contributed by atoms with van der Waals surface area (Å²) < 4.78 is 4.86. The molecule has 0 saturated carbocycles. The smallest absolute Gasteiger partial charge is 0.135 e. The summed E-state index contributed by atoms with van der Waals surface area (Å²) in [4.78, 5) is 0. The van der Waals surface area contributed by atoms with Crippen LogP contribution in [-0.2, 0) is 4.74 Å². The first-order valence-corrected chi connectivity index (χ1v) is 2.10. The predicted molar refractivity (Wildman–Crippen MR) is 29.6 cm³/mol. The normalized spacial score (nSPS) is 8.00. The van der Waals surface area contributed by atoms with Crippen LogP contribution in [0.1, 0.15) is 0 Å². The lowest BCUT2D eigenvalue weighted by molar-refractivity contribution is 0.212. The summed E-state index contributed by atoms with van der Waals surface area (Å²) in [5.74, 6) is 0. The third-order valence-electron chi connectivity index (χ3n) is 0.440. The van der Waals surface area contributed by atoms with Gasteiger partial charge in [-0.05, 0) is 0 Å². The summed E-state index contributed by atoms with van der Waals surface area (Å²) in [6, 6.07) is 0. The van der Waals surface area contributed by atoms with Crippen molar-refractivity contribution in [2.45, 2.75) is 0 Å². The highest BCUT2D eigenvalue weighted by Gasteiger charge is 1.68. The van der Waals surface area contributed by atoms with Gasteiger partial charge in [-0.25, -0.2) is 0 Å². The Balaban J connectivity index is 2.49. The minimum atomic E-state index is 0.677. The van der Waals surface area contributed by atoms with Crippen LogP contribution in [0.5, 0.6) is 0 Å². The van der Waals surface area contributed by atoms with E-state index in [1.165, 1.54) is 0 Å². The Morgan fingerprint density at radius 3 is 2.67 bits per heavy atom. The molecule has 0 radical (unpaired) electrons. The molecule has 0 aromatic rings. The molecule has 0 aliphatic rings. The van der Waals surface area contributed by atoms with E-state index in [1.54, 1.807) is 6.08 Å². The summed E-state index contributed by atoms with van der Waals surface area (Å²) in [7, 11) is 1.96. The SMILES string of the molecule is BCOCC=C. The van der Waals surface area contributed by atoms with E-state index in [0.29, 0.717) is 6.61 Å². The van der Waals surface area contributed by atoms with Crippen molar-refractivity contribution in [3.8, 4) is 0 Å². The molecule has 0 unspecified atom stereocenters. The summed E-state index contributed by atoms with van der Waals surface area (Å²) in [6.45, 7) is 4.93. The zero-order valence-corrected chi connectivity index (χ0v) is 4.11. The van der Waals surface area contributed by atoms with Crippen LogP contribution in [0.3, 0.4) is 0 Å². The topological polar surface area (TPSA) is 9.23 Å². The molecule has 0 heterocycles. The van der Waals surface area contributed by atoms with Crippen LogP contribution in [-0.4, -0.2) is 21.0 Å². The third kappa shape index (κ3) is 3.76. The molecule has 0 aliphatic carbocycles. The van der Waals surface area contributed by atoms with Gasteiger partial charge in [0.2, 0.25) is 0 Å². The van der Waals surface area contributed by atoms with Crippen molar-refractivity contribution in [2.24, 2.45) is 0 Å². The highest BCUT2D eigenvalue weighted by atomic mass is 16.5. The molecule has 0 aliphatic heterocycles. The second kappa shape index (κ2) is 4.76. The molecule has 0 amide bonds. The molecule has 0 saturated heterocycles. The van der Waals surface area contributed by atoms with E-state index in [1.807, 2.05) is 7.85 Å². The lowest BCUT2D eigenvalue weighted by atomic mass is 10.2. The number of hydrogen-bond acceptors (Lipinski definition) is 1. The molecular formula is C4H9BO. The molecule has 34 valence electrons. The van der Waals surface area contributed by atoms with Gasteiger partial charge in [0.1, 0.15) is 7.85 Å². The standard InChI is InChI=1S/C4H9BO/c1-2-3-6-4-5/h2H,1,3-5H2. The van der Waals surface area contributed by atoms with Crippen LogP contribution in [0, 0.1) is 0 Å². The quantitative estimate of drug-likeness (QED) is 0.261. The zero-order chi connectivity index (χ0) is 4.83. The van der Waals surface area contributed by atoms with Crippen LogP contribution < -0.4 is 0 Å². The highest BCUT2D eigenvalue weighted by molar-refractivity contribution is 6.08. The highest BCUT2D eigenvalue weighted by Crippen LogP contribution is 1.66. The molecular weight excluding hydrogens is 74.9 g/mol. The van der Waals surface area contributed by atoms with Crippen LogP contribution in [0.25, 0.3) is 0 Å². The second-order valence-corrected chi connectivity index (χ2v) is 0.948. The summed E-state index contributed by atoms with van der Waals surface area (Å²) in [6.07, 6.45) is 1.74. The first-order chi connectivity index (χ1) is 2.91. The van der Waals surface area contributed by atoms with Gasteiger partial charge >= 0.3 is 0 Å². The second-order valence-electron chi connectivity index (χ2n) is 0.948. The van der Waals surface area contributed by atoms with Crippen LogP contribution >= 0.6 is 0 Å². The fourth-order valence-corrected chi connectivity index (χ4v) is 0.201. The molecule has 6 heavy (non-hydrogen) atoms. The number of hydrogen-bond donors (Lipinski definition) is 0. The fraction of sp³-hybridized carbons (Fsp3) is 0.500. The van der Waals surface area contributed by atoms with E-state index in [0.717, 1.165) is 6.51 Å². The lowest BCUT2D eigenvalue weighted by Crippen LogP contribution is -1.90. The minimum absolute atomic E-state index is 0.677. The predicted octanol–water partition coefficient (Wildman–Crippen LogP) is -0.220. The van der Waals surface area contributed by atoms with Gasteiger partial charge in [0, 0.05) is 6.51 Å². The van der Waals surface area contributed by atoms with E-state index in [-0.39, 0.29) is 0 Å². The van der Waals surface area contributed by atoms with Crippen molar-refractivity contribution in [2.75, 3.05) is 13.1 Å². The van der Waals surface area contributed by atoms with Gasteiger partial charge in [-0.15, -0.1) is 6.58 Å². The molecule has 0 spiro atoms. The third-order valence-corrected chi connectivity index (χ3v) is 0.440. The van der Waals surface area contributed by atoms with Gasteiger partial charge < -0.3 is 4.74 Å². The van der Waals surface area contributed by atoms with Gasteiger partial charge in [-0.1, -0.05) is 6.08 Å². The summed E-state index contributed by atoms with van der Waals surface area (Å²) in [5, 5.41) is 0. The Hall–Kier alpha value is -0.235. The number of ether oxygens (including phenoxy) is 1. The molecule has 0 bridgehead atoms. The Labute approximate surface area is 39.4 Å². The van der Waals surface area contributed by atoms with Gasteiger partial charge in [0.25, 0.3) is 0 Å². The maximum Gasteiger partial charge on any atom is 0.135 e. The fourth-order valence-electron chi connectivity index (χ4n) is 0.201. The van der Waals surface area contributed by atoms with Crippen molar-refractivity contribution in [3.63, 3.8) is 0 Å². The van der Waals surface area contributed by atoms with Crippen molar-refractivity contribution in [3.05, 3.63) is 12.7 Å². The number of rotatable bonds is 3. The molecule has 2 heteroatoms. The van der Waals surface area contributed by atoms with E-state index in [2.05, 4.69) is 6.58 Å². The Bertz CT molecular complexity index is 36.5. The first-order valence-electron chi connectivity index (χ1n) is 2.10.